The number of piperazine rings is 1. The molecule has 0 aliphatic carbocycles. The topological polar surface area (TPSA) is 107 Å². The summed E-state index contributed by atoms with van der Waals surface area (Å²) in [6.45, 7) is 4.21. The maximum atomic E-state index is 13.2. The van der Waals surface area contributed by atoms with Gasteiger partial charge in [0.05, 0.1) is 10.5 Å². The largest absolute Gasteiger partial charge is 1.00 e. The molecule has 2 fully saturated rings. The van der Waals surface area contributed by atoms with Crippen LogP contribution >= 0.6 is 0 Å². The molecule has 2 saturated heterocycles. The van der Waals surface area contributed by atoms with Crippen LogP contribution < -0.4 is 34.5 Å². The molecule has 1 aromatic heterocycles. The molecule has 2 aromatic carbocycles. The van der Waals surface area contributed by atoms with Gasteiger partial charge in [-0.25, -0.2) is 23.2 Å². The first-order chi connectivity index (χ1) is 16.4. The summed E-state index contributed by atoms with van der Waals surface area (Å²) in [7, 11) is -3.51. The average Bonchev–Trinajstić information content (AvgIpc) is 2.88. The van der Waals surface area contributed by atoms with Gasteiger partial charge in [0.1, 0.15) is 0 Å². The molecule has 0 saturated carbocycles. The molecule has 3 aromatic rings. The molecule has 0 spiro atoms. The number of sulfonamides is 1. The van der Waals surface area contributed by atoms with E-state index in [0.717, 1.165) is 49.8 Å². The first-order valence-electron chi connectivity index (χ1n) is 11.4. The summed E-state index contributed by atoms with van der Waals surface area (Å²) in [5.74, 6) is -0.494. The van der Waals surface area contributed by atoms with E-state index in [4.69, 9.17) is 5.11 Å². The van der Waals surface area contributed by atoms with E-state index in [2.05, 4.69) is 19.8 Å². The number of hydrogen-bond acceptors (Lipinski definition) is 7. The first kappa shape index (κ1) is 26.0. The Kier molecular flexibility index (Phi) is 8.09. The van der Waals surface area contributed by atoms with Crippen LogP contribution in [0.25, 0.3) is 10.8 Å². The molecule has 2 aliphatic rings. The SMILES string of the molecule is O=C(O)c1cnc(N2CCN(C3CCN(S(=O)(=O)c4ccc5ccccc5c4)CC3)CC2)nc1.[H-].[Na+]. The van der Waals surface area contributed by atoms with Crippen molar-refractivity contribution in [2.75, 3.05) is 44.2 Å². The zero-order valence-corrected chi connectivity index (χ0v) is 22.6. The Hall–Kier alpha value is -2.08. The van der Waals surface area contributed by atoms with Crippen molar-refractivity contribution in [1.29, 1.82) is 0 Å². The number of piperidine rings is 1. The van der Waals surface area contributed by atoms with Crippen molar-refractivity contribution in [3.8, 4) is 0 Å². The van der Waals surface area contributed by atoms with Gasteiger partial charge in [0, 0.05) is 57.7 Å². The third-order valence-corrected chi connectivity index (χ3v) is 8.68. The fraction of sp³-hybridized carbons (Fsp3) is 0.375. The minimum atomic E-state index is -3.51. The van der Waals surface area contributed by atoms with Gasteiger partial charge in [-0.1, -0.05) is 30.3 Å². The number of aromatic nitrogens is 2. The predicted octanol–water partition coefficient (Wildman–Crippen LogP) is -0.580. The third kappa shape index (κ3) is 5.52. The van der Waals surface area contributed by atoms with Crippen LogP contribution in [-0.2, 0) is 10.0 Å². The molecule has 0 radical (unpaired) electrons. The standard InChI is InChI=1S/C24H27N5O4S.Na.H/c30-23(31)20-16-25-24(26-17-20)28-13-11-27(12-14-28)21-7-9-29(10-8-21)34(32,33)22-6-5-18-3-1-2-4-19(18)15-22;;/h1-6,15-17,21H,7-14H2,(H,30,31);;/q;+1;-1. The van der Waals surface area contributed by atoms with Gasteiger partial charge >= 0.3 is 35.5 Å². The van der Waals surface area contributed by atoms with E-state index >= 15 is 0 Å². The number of aromatic carboxylic acids is 1. The van der Waals surface area contributed by atoms with Gasteiger partial charge in [0.2, 0.25) is 16.0 Å². The summed E-state index contributed by atoms with van der Waals surface area (Å²) >= 11 is 0. The van der Waals surface area contributed by atoms with Crippen LogP contribution in [0.5, 0.6) is 0 Å². The maximum Gasteiger partial charge on any atom is 1.00 e. The zero-order valence-electron chi connectivity index (χ0n) is 20.7. The number of nitrogens with zero attached hydrogens (tertiary/aromatic N) is 5. The summed E-state index contributed by atoms with van der Waals surface area (Å²) < 4.78 is 28.1. The molecule has 0 amide bonds. The van der Waals surface area contributed by atoms with Crippen LogP contribution in [0.2, 0.25) is 0 Å². The molecule has 3 heterocycles. The van der Waals surface area contributed by atoms with E-state index < -0.39 is 16.0 Å². The van der Waals surface area contributed by atoms with Crippen molar-refractivity contribution in [3.05, 3.63) is 60.4 Å². The Labute approximate surface area is 228 Å². The van der Waals surface area contributed by atoms with Crippen LogP contribution in [0, 0.1) is 0 Å². The molecule has 5 rings (SSSR count). The zero-order chi connectivity index (χ0) is 23.7. The van der Waals surface area contributed by atoms with E-state index in [9.17, 15) is 13.2 Å². The first-order valence-corrected chi connectivity index (χ1v) is 12.9. The fourth-order valence-corrected chi connectivity index (χ4v) is 6.31. The van der Waals surface area contributed by atoms with E-state index in [-0.39, 0.29) is 36.5 Å². The number of anilines is 1. The third-order valence-electron chi connectivity index (χ3n) is 6.78. The average molecular weight is 506 g/mol. The van der Waals surface area contributed by atoms with E-state index in [1.54, 1.807) is 16.4 Å². The van der Waals surface area contributed by atoms with Gasteiger partial charge < -0.3 is 11.4 Å². The van der Waals surface area contributed by atoms with Crippen molar-refractivity contribution in [1.82, 2.24) is 19.2 Å². The van der Waals surface area contributed by atoms with Crippen LogP contribution in [0.4, 0.5) is 5.95 Å². The second-order valence-corrected chi connectivity index (χ2v) is 10.7. The van der Waals surface area contributed by atoms with E-state index in [1.807, 2.05) is 30.3 Å². The predicted molar refractivity (Wildman–Crippen MR) is 130 cm³/mol. The second kappa shape index (κ2) is 10.9. The summed E-state index contributed by atoms with van der Waals surface area (Å²) in [5, 5.41) is 11.0. The van der Waals surface area contributed by atoms with Crippen molar-refractivity contribution in [2.45, 2.75) is 23.8 Å². The summed E-state index contributed by atoms with van der Waals surface area (Å²) in [5.41, 5.74) is 0.0767. The van der Waals surface area contributed by atoms with Crippen LogP contribution in [-0.4, -0.2) is 84.0 Å². The Morgan fingerprint density at radius 3 is 2.17 bits per heavy atom. The van der Waals surface area contributed by atoms with E-state index in [1.165, 1.54) is 12.4 Å². The molecule has 11 heteroatoms. The van der Waals surface area contributed by atoms with Gasteiger partial charge in [-0.3, -0.25) is 4.90 Å². The quantitative estimate of drug-likeness (QED) is 0.459. The van der Waals surface area contributed by atoms with Gasteiger partial charge in [0.25, 0.3) is 0 Å². The molecule has 35 heavy (non-hydrogen) atoms. The summed E-state index contributed by atoms with van der Waals surface area (Å²) in [6.07, 6.45) is 4.28. The number of fused-ring (bicyclic) bond motifs is 1. The number of benzene rings is 2. The Morgan fingerprint density at radius 1 is 0.914 bits per heavy atom. The van der Waals surface area contributed by atoms with Gasteiger partial charge in [-0.15, -0.1) is 0 Å². The van der Waals surface area contributed by atoms with Crippen molar-refractivity contribution < 1.29 is 49.3 Å². The molecule has 0 unspecified atom stereocenters. The molecule has 0 bridgehead atoms. The number of carbonyl (C=O) groups is 1. The van der Waals surface area contributed by atoms with Gasteiger partial charge in [-0.05, 0) is 35.7 Å². The normalized spacial score (nSPS) is 18.3. The summed E-state index contributed by atoms with van der Waals surface area (Å²) in [4.78, 5) is 24.2. The molecule has 9 nitrogen and oxygen atoms in total. The van der Waals surface area contributed by atoms with E-state index in [0.29, 0.717) is 30.0 Å². The maximum absolute atomic E-state index is 13.2. The Bertz CT molecular complexity index is 1300. The molecular formula is C24H28N5NaO4S. The number of rotatable bonds is 5. The van der Waals surface area contributed by atoms with Crippen molar-refractivity contribution in [2.24, 2.45) is 0 Å². The molecule has 180 valence electrons. The Morgan fingerprint density at radius 2 is 1.54 bits per heavy atom. The van der Waals surface area contributed by atoms with Crippen LogP contribution in [0.1, 0.15) is 24.6 Å². The second-order valence-electron chi connectivity index (χ2n) is 8.74. The minimum Gasteiger partial charge on any atom is -1.00 e. The number of carboxylic acid groups (broad SMARTS) is 1. The smallest absolute Gasteiger partial charge is 1.00 e. The Balaban J connectivity index is 0.00000180. The molecule has 0 atom stereocenters. The summed E-state index contributed by atoms with van der Waals surface area (Å²) in [6, 6.07) is 13.5. The molecule has 2 aliphatic heterocycles. The fourth-order valence-electron chi connectivity index (χ4n) is 4.81. The van der Waals surface area contributed by atoms with Crippen LogP contribution in [0.3, 0.4) is 0 Å². The van der Waals surface area contributed by atoms with Crippen molar-refractivity contribution >= 4 is 32.7 Å². The van der Waals surface area contributed by atoms with Crippen molar-refractivity contribution in [3.63, 3.8) is 0 Å². The minimum absolute atomic E-state index is 0. The van der Waals surface area contributed by atoms with Crippen LogP contribution in [0.15, 0.2) is 59.8 Å². The monoisotopic (exact) mass is 505 g/mol. The molecular weight excluding hydrogens is 477 g/mol. The van der Waals surface area contributed by atoms with Gasteiger partial charge in [-0.2, -0.15) is 4.31 Å². The van der Waals surface area contributed by atoms with Gasteiger partial charge in [0.15, 0.2) is 0 Å². The number of hydrogen-bond donors (Lipinski definition) is 1. The molecule has 1 N–H and O–H groups in total. The number of carboxylic acids is 1.